The van der Waals surface area contributed by atoms with Crippen molar-refractivity contribution < 1.29 is 19.1 Å². The van der Waals surface area contributed by atoms with Crippen molar-refractivity contribution in [1.29, 1.82) is 0 Å². The number of methoxy groups -OCH3 is 2. The van der Waals surface area contributed by atoms with Crippen molar-refractivity contribution >= 4 is 23.3 Å². The van der Waals surface area contributed by atoms with E-state index >= 15 is 0 Å². The Morgan fingerprint density at radius 3 is 2.64 bits per heavy atom. The zero-order chi connectivity index (χ0) is 25.2. The van der Waals surface area contributed by atoms with E-state index in [1.807, 2.05) is 48.3 Å². The quantitative estimate of drug-likeness (QED) is 0.393. The lowest BCUT2D eigenvalue weighted by Gasteiger charge is -2.37. The number of nitrogens with zero attached hydrogens (tertiary/aromatic N) is 3. The van der Waals surface area contributed by atoms with Gasteiger partial charge in [0.2, 0.25) is 11.8 Å². The number of fused-ring (bicyclic) bond motifs is 1. The van der Waals surface area contributed by atoms with Gasteiger partial charge in [-0.2, -0.15) is 5.10 Å². The number of ether oxygens (including phenoxy) is 2. The number of hydrogen-bond acceptors (Lipinski definition) is 8. The number of aromatic nitrogens is 2. The molecular weight excluding hydrogens is 462 g/mol. The first-order chi connectivity index (χ1) is 17.5. The van der Waals surface area contributed by atoms with Gasteiger partial charge in [0, 0.05) is 12.6 Å². The third kappa shape index (κ3) is 4.58. The van der Waals surface area contributed by atoms with E-state index in [1.165, 1.54) is 0 Å². The molecule has 0 radical (unpaired) electrons. The largest absolute Gasteiger partial charge is 0.493 e. The molecule has 2 saturated heterocycles. The second-order valence-corrected chi connectivity index (χ2v) is 8.73. The molecule has 3 aromatic rings. The Kier molecular flexibility index (Phi) is 6.49. The van der Waals surface area contributed by atoms with Crippen molar-refractivity contribution in [2.75, 3.05) is 31.1 Å². The normalized spacial score (nSPS) is 21.0. The number of amides is 2. The van der Waals surface area contributed by atoms with Crippen molar-refractivity contribution in [1.82, 2.24) is 25.8 Å². The van der Waals surface area contributed by atoms with E-state index in [1.54, 1.807) is 37.1 Å². The van der Waals surface area contributed by atoms with E-state index in [9.17, 15) is 9.59 Å². The third-order valence-electron chi connectivity index (χ3n) is 6.30. The van der Waals surface area contributed by atoms with Gasteiger partial charge in [-0.25, -0.2) is 10.1 Å². The predicted molar refractivity (Wildman–Crippen MR) is 133 cm³/mol. The Morgan fingerprint density at radius 1 is 1.11 bits per heavy atom. The van der Waals surface area contributed by atoms with E-state index in [2.05, 4.69) is 26.5 Å². The maximum Gasteiger partial charge on any atom is 0.230 e. The molecule has 11 heteroatoms. The molecule has 2 amide bonds. The van der Waals surface area contributed by atoms with Gasteiger partial charge in [0.15, 0.2) is 17.8 Å². The molecule has 2 aliphatic heterocycles. The molecule has 0 saturated carbocycles. The molecule has 188 valence electrons. The maximum atomic E-state index is 13.0. The molecule has 5 rings (SSSR count). The van der Waals surface area contributed by atoms with Crippen LogP contribution in [0.3, 0.4) is 0 Å². The van der Waals surface area contributed by atoms with Crippen LogP contribution in [0, 0.1) is 12.8 Å². The van der Waals surface area contributed by atoms with Crippen LogP contribution >= 0.6 is 0 Å². The lowest BCUT2D eigenvalue weighted by molar-refractivity contribution is -0.129. The fourth-order valence-electron chi connectivity index (χ4n) is 4.60. The van der Waals surface area contributed by atoms with E-state index in [0.717, 1.165) is 11.3 Å². The predicted octanol–water partition coefficient (Wildman–Crippen LogP) is 1.53. The Balaban J connectivity index is 1.33. The van der Waals surface area contributed by atoms with Gasteiger partial charge in [0.1, 0.15) is 12.0 Å². The summed E-state index contributed by atoms with van der Waals surface area (Å²) in [6, 6.07) is 16.9. The smallest absolute Gasteiger partial charge is 0.230 e. The number of anilines is 2. The van der Waals surface area contributed by atoms with Crippen LogP contribution in [0.25, 0.3) is 0 Å². The highest BCUT2D eigenvalue weighted by molar-refractivity contribution is 5.91. The summed E-state index contributed by atoms with van der Waals surface area (Å²) >= 11 is 0. The van der Waals surface area contributed by atoms with Gasteiger partial charge >= 0.3 is 0 Å². The lowest BCUT2D eigenvalue weighted by atomic mass is 10.0. The molecule has 2 aromatic carbocycles. The van der Waals surface area contributed by atoms with Crippen LogP contribution in [0.5, 0.6) is 11.5 Å². The number of carbonyl (C=O) groups is 2. The van der Waals surface area contributed by atoms with Crippen LogP contribution < -0.4 is 35.9 Å². The summed E-state index contributed by atoms with van der Waals surface area (Å²) in [5, 5.41) is 15.9. The molecule has 0 bridgehead atoms. The summed E-state index contributed by atoms with van der Waals surface area (Å²) in [6.07, 6.45) is -0.799. The number of benzene rings is 2. The van der Waals surface area contributed by atoms with Crippen LogP contribution in [0.15, 0.2) is 54.6 Å². The molecule has 3 unspecified atom stereocenters. The molecule has 3 atom stereocenters. The van der Waals surface area contributed by atoms with Gasteiger partial charge < -0.3 is 20.1 Å². The summed E-state index contributed by atoms with van der Waals surface area (Å²) in [4.78, 5) is 25.9. The monoisotopic (exact) mass is 491 g/mol. The molecule has 0 spiro atoms. The fraction of sp³-hybridized carbons (Fsp3) is 0.320. The minimum atomic E-state index is -0.644. The van der Waals surface area contributed by atoms with E-state index in [4.69, 9.17) is 9.47 Å². The van der Waals surface area contributed by atoms with Crippen LogP contribution in [0.4, 0.5) is 11.5 Å². The van der Waals surface area contributed by atoms with E-state index in [0.29, 0.717) is 29.6 Å². The molecule has 0 aliphatic carbocycles. The van der Waals surface area contributed by atoms with E-state index < -0.39 is 6.29 Å². The number of aryl methyl sites for hydroxylation is 1. The summed E-state index contributed by atoms with van der Waals surface area (Å²) in [6.45, 7) is 2.35. The van der Waals surface area contributed by atoms with Crippen molar-refractivity contribution in [3.63, 3.8) is 0 Å². The van der Waals surface area contributed by atoms with Crippen LogP contribution in [0.2, 0.25) is 0 Å². The van der Waals surface area contributed by atoms with Gasteiger partial charge in [0.25, 0.3) is 0 Å². The fourth-order valence-corrected chi connectivity index (χ4v) is 4.60. The molecule has 2 fully saturated rings. The Bertz CT molecular complexity index is 1260. The highest BCUT2D eigenvalue weighted by Gasteiger charge is 2.45. The molecule has 2 aliphatic rings. The third-order valence-corrected chi connectivity index (χ3v) is 6.30. The maximum absolute atomic E-state index is 13.0. The van der Waals surface area contributed by atoms with Gasteiger partial charge in [-0.3, -0.25) is 19.9 Å². The molecule has 36 heavy (non-hydrogen) atoms. The molecule has 11 nitrogen and oxygen atoms in total. The molecule has 1 aromatic heterocycles. The molecular formula is C25H29N7O4. The van der Waals surface area contributed by atoms with Gasteiger partial charge in [-0.05, 0) is 36.8 Å². The number of carbonyl (C=O) groups excluding carboxylic acids is 2. The second-order valence-electron chi connectivity index (χ2n) is 8.73. The Labute approximate surface area is 208 Å². The average Bonchev–Trinajstić information content (AvgIpc) is 3.47. The van der Waals surface area contributed by atoms with Crippen molar-refractivity contribution in [2.45, 2.75) is 25.8 Å². The first-order valence-corrected chi connectivity index (χ1v) is 11.7. The molecule has 4 N–H and O–H groups in total. The van der Waals surface area contributed by atoms with Gasteiger partial charge in [-0.15, -0.1) is 0 Å². The number of hydrogen-bond donors (Lipinski definition) is 4. The standard InChI is InChI=1S/C25H29N7O4/c1-15-11-21(27-22(33)13-16-9-10-19(35-2)20(12-16)36-3)32(30-15)25-28-23-18(24(34)29-25)14-26-31(23)17-7-5-4-6-8-17/h4-12,18,23,25-26,28H,13-14H2,1-3H3,(H,27,33)(H,29,34). The summed E-state index contributed by atoms with van der Waals surface area (Å²) in [5.74, 6) is 1.04. The number of hydrazine groups is 1. The Hall–Kier alpha value is -4.09. The van der Waals surface area contributed by atoms with Crippen molar-refractivity contribution in [3.05, 3.63) is 65.9 Å². The summed E-state index contributed by atoms with van der Waals surface area (Å²) in [5.41, 5.74) is 5.74. The zero-order valence-electron chi connectivity index (χ0n) is 20.3. The SMILES string of the molecule is COc1ccc(CC(=O)Nc2cc(C)nn2C2NC(=O)C3CNN(c4ccccc4)C3N2)cc1OC. The number of nitrogens with one attached hydrogen (secondary N) is 4. The van der Waals surface area contributed by atoms with Gasteiger partial charge in [-0.1, -0.05) is 24.3 Å². The van der Waals surface area contributed by atoms with Crippen LogP contribution in [0.1, 0.15) is 17.5 Å². The minimum absolute atomic E-state index is 0.0922. The highest BCUT2D eigenvalue weighted by Crippen LogP contribution is 2.29. The van der Waals surface area contributed by atoms with Crippen LogP contribution in [-0.2, 0) is 16.0 Å². The first-order valence-electron chi connectivity index (χ1n) is 11.7. The number of rotatable bonds is 7. The highest BCUT2D eigenvalue weighted by atomic mass is 16.5. The summed E-state index contributed by atoms with van der Waals surface area (Å²) in [7, 11) is 3.12. The number of para-hydroxylation sites is 1. The average molecular weight is 492 g/mol. The topological polar surface area (TPSA) is 122 Å². The van der Waals surface area contributed by atoms with Gasteiger partial charge in [0.05, 0.1) is 37.9 Å². The van der Waals surface area contributed by atoms with E-state index in [-0.39, 0.29) is 30.3 Å². The minimum Gasteiger partial charge on any atom is -0.493 e. The zero-order valence-corrected chi connectivity index (χ0v) is 20.3. The first kappa shape index (κ1) is 23.6. The molecule has 3 heterocycles. The van der Waals surface area contributed by atoms with Crippen molar-refractivity contribution in [2.24, 2.45) is 5.92 Å². The lowest BCUT2D eigenvalue weighted by Crippen LogP contribution is -2.61. The van der Waals surface area contributed by atoms with Crippen LogP contribution in [-0.4, -0.2) is 48.5 Å². The Morgan fingerprint density at radius 2 is 1.89 bits per heavy atom. The second kappa shape index (κ2) is 9.88. The van der Waals surface area contributed by atoms with Crippen molar-refractivity contribution in [3.8, 4) is 11.5 Å². The summed E-state index contributed by atoms with van der Waals surface area (Å²) < 4.78 is 12.2.